The fourth-order valence-electron chi connectivity index (χ4n) is 0. The van der Waals surface area contributed by atoms with Gasteiger partial charge in [0.25, 0.3) is 0 Å². The van der Waals surface area contributed by atoms with E-state index in [0.717, 1.165) is 0 Å². The Bertz CT molecular complexity index is 11.6. The molecule has 0 aromatic carbocycles. The van der Waals surface area contributed by atoms with E-state index in [9.17, 15) is 0 Å². The van der Waals surface area contributed by atoms with Gasteiger partial charge in [-0.15, -0.1) is 0 Å². The smallest absolute Gasteiger partial charge is 0 e. The molecular weight excluding hydrogens is 288 g/mol. The second-order valence-corrected chi connectivity index (χ2v) is 0. The van der Waals surface area contributed by atoms with Crippen molar-refractivity contribution in [2.75, 3.05) is 0 Å². The number of hydrogen-bond acceptors (Lipinski definition) is 0. The van der Waals surface area contributed by atoms with Crippen LogP contribution in [0.3, 0.4) is 0 Å². The minimum absolute atomic E-state index is 0. The van der Waals surface area contributed by atoms with Crippen molar-refractivity contribution in [2.24, 2.45) is 0 Å². The molecule has 0 saturated heterocycles. The van der Waals surface area contributed by atoms with Crippen LogP contribution in [0.1, 0.15) is 0 Å². The van der Waals surface area contributed by atoms with E-state index in [0.29, 0.717) is 0 Å². The van der Waals surface area contributed by atoms with Gasteiger partial charge in [-0.1, -0.05) is 0 Å². The maximum atomic E-state index is 0. The zero-order valence-electron chi connectivity index (χ0n) is 1.31. The van der Waals surface area contributed by atoms with Gasteiger partial charge in [0.1, 0.15) is 0 Å². The topological polar surface area (TPSA) is 0 Å². The number of hydrogen-bond donors (Lipinski definition) is 0. The SMILES string of the molecule is [Ag].[AlH3].[Cu].[MgH2].[Zn]. The van der Waals surface area contributed by atoms with Crippen molar-refractivity contribution < 1.29 is 58.9 Å². The third-order valence-corrected chi connectivity index (χ3v) is 0. The molecule has 5 heteroatoms. The van der Waals surface area contributed by atoms with E-state index in [1.165, 1.54) is 0 Å². The third kappa shape index (κ3) is 19.0. The van der Waals surface area contributed by atoms with E-state index in [-0.39, 0.29) is 99.3 Å². The first-order valence-corrected chi connectivity index (χ1v) is 0. The van der Waals surface area contributed by atoms with Gasteiger partial charge in [0, 0.05) is 58.9 Å². The second kappa shape index (κ2) is 27.1. The van der Waals surface area contributed by atoms with Gasteiger partial charge in [-0.05, 0) is 0 Å². The minimum atomic E-state index is 0. The van der Waals surface area contributed by atoms with Crippen molar-refractivity contribution in [2.45, 2.75) is 0 Å². The molecule has 0 heterocycles. The second-order valence-electron chi connectivity index (χ2n) is 0. The molecule has 0 bridgehead atoms. The average molecular weight is 293 g/mol. The van der Waals surface area contributed by atoms with E-state index in [1.54, 1.807) is 0 Å². The predicted octanol–water partition coefficient (Wildman–Crippen LogP) is -2.11. The molecule has 0 aliphatic heterocycles. The van der Waals surface area contributed by atoms with Gasteiger partial charge in [0.2, 0.25) is 0 Å². The minimum Gasteiger partial charge on any atom is 0 e. The number of rotatable bonds is 0. The molecule has 0 saturated carbocycles. The Balaban J connectivity index is 0. The van der Waals surface area contributed by atoms with Crippen LogP contribution in [0.5, 0.6) is 0 Å². The zero-order chi connectivity index (χ0) is 0. The molecule has 34 valence electrons. The van der Waals surface area contributed by atoms with E-state index < -0.39 is 0 Å². The maximum Gasteiger partial charge on any atom is 0.316 e. The first-order chi connectivity index (χ1) is 0. The summed E-state index contributed by atoms with van der Waals surface area (Å²) in [7, 11) is 0. The molecule has 0 N–H and O–H groups in total. The maximum absolute atomic E-state index is 0. The summed E-state index contributed by atoms with van der Waals surface area (Å²) in [5, 5.41) is 0. The van der Waals surface area contributed by atoms with E-state index in [1.807, 2.05) is 0 Å². The van der Waals surface area contributed by atoms with E-state index in [4.69, 9.17) is 0 Å². The van der Waals surface area contributed by atoms with E-state index >= 15 is 0 Å². The van der Waals surface area contributed by atoms with Gasteiger partial charge in [-0.3, -0.25) is 0 Å². The Kier molecular flexibility index (Phi) is 226. The first-order valence-electron chi connectivity index (χ1n) is 0. The molecule has 0 atom stereocenters. The van der Waals surface area contributed by atoms with Crippen molar-refractivity contribution in [3.05, 3.63) is 0 Å². The standard InChI is InChI=1S/Ag.Al.Cu.Mg.Zn.5H. The van der Waals surface area contributed by atoms with Crippen LogP contribution in [0.2, 0.25) is 0 Å². The van der Waals surface area contributed by atoms with Crippen LogP contribution in [0.15, 0.2) is 0 Å². The summed E-state index contributed by atoms with van der Waals surface area (Å²) in [5.74, 6) is 0. The van der Waals surface area contributed by atoms with Crippen molar-refractivity contribution in [1.29, 1.82) is 0 Å². The normalized spacial score (nSPS) is 0. The molecule has 2 radical (unpaired) electrons. The summed E-state index contributed by atoms with van der Waals surface area (Å²) in [6.07, 6.45) is 0. The Morgan fingerprint density at radius 1 is 1.00 bits per heavy atom. The Labute approximate surface area is 97.6 Å². The summed E-state index contributed by atoms with van der Waals surface area (Å²) in [6, 6.07) is 0. The molecular formula is H5AgAlCuMgZn. The van der Waals surface area contributed by atoms with Crippen LogP contribution in [0.25, 0.3) is 0 Å². The van der Waals surface area contributed by atoms with Gasteiger partial charge in [0.05, 0.1) is 0 Å². The summed E-state index contributed by atoms with van der Waals surface area (Å²) in [5.41, 5.74) is 0. The Morgan fingerprint density at radius 3 is 1.00 bits per heavy atom. The fraction of sp³-hybridized carbons (Fsp3) is 0. The molecule has 0 unspecified atom stereocenters. The molecule has 5 heavy (non-hydrogen) atoms. The van der Waals surface area contributed by atoms with Crippen LogP contribution in [-0.2, 0) is 58.9 Å². The summed E-state index contributed by atoms with van der Waals surface area (Å²) in [6.45, 7) is 0. The van der Waals surface area contributed by atoms with Crippen molar-refractivity contribution >= 4 is 40.4 Å². The van der Waals surface area contributed by atoms with Gasteiger partial charge < -0.3 is 0 Å². The first kappa shape index (κ1) is 41.7. The molecule has 0 nitrogen and oxygen atoms in total. The predicted molar refractivity (Wildman–Crippen MR) is 18.5 cm³/mol. The van der Waals surface area contributed by atoms with Gasteiger partial charge in [-0.25, -0.2) is 0 Å². The van der Waals surface area contributed by atoms with Crippen LogP contribution in [0.4, 0.5) is 0 Å². The average Bonchev–Trinajstić information content (AvgIpc) is 0. The largest absolute Gasteiger partial charge is 0.316 e. The Morgan fingerprint density at radius 2 is 1.00 bits per heavy atom. The summed E-state index contributed by atoms with van der Waals surface area (Å²) >= 11 is 0. The van der Waals surface area contributed by atoms with Gasteiger partial charge >= 0.3 is 23.1 Å². The molecule has 0 aromatic rings. The van der Waals surface area contributed by atoms with Crippen molar-refractivity contribution in [3.63, 3.8) is 0 Å². The molecule has 0 aliphatic carbocycles. The quantitative estimate of drug-likeness (QED) is 0.449. The molecule has 0 aliphatic rings. The fourth-order valence-corrected chi connectivity index (χ4v) is 0. The molecule has 0 spiro atoms. The monoisotopic (exact) mass is 290 g/mol. The molecule has 0 fully saturated rings. The van der Waals surface area contributed by atoms with Crippen LogP contribution >= 0.6 is 0 Å². The van der Waals surface area contributed by atoms with E-state index in [2.05, 4.69) is 0 Å². The van der Waals surface area contributed by atoms with Gasteiger partial charge in [0.15, 0.2) is 17.4 Å². The summed E-state index contributed by atoms with van der Waals surface area (Å²) in [4.78, 5) is 0. The molecule has 0 amide bonds. The summed E-state index contributed by atoms with van der Waals surface area (Å²) < 4.78 is 0. The van der Waals surface area contributed by atoms with Gasteiger partial charge in [-0.2, -0.15) is 0 Å². The van der Waals surface area contributed by atoms with Crippen molar-refractivity contribution in [3.8, 4) is 0 Å². The zero-order valence-corrected chi connectivity index (χ0v) is 6.70. The van der Waals surface area contributed by atoms with Crippen LogP contribution < -0.4 is 0 Å². The van der Waals surface area contributed by atoms with Crippen LogP contribution in [0, 0.1) is 0 Å². The molecule has 0 rings (SSSR count). The van der Waals surface area contributed by atoms with Crippen molar-refractivity contribution in [1.82, 2.24) is 0 Å². The van der Waals surface area contributed by atoms with Crippen LogP contribution in [-0.4, -0.2) is 40.4 Å². The third-order valence-electron chi connectivity index (χ3n) is 0. The Hall–Kier alpha value is 3.18. The molecule has 0 aromatic heterocycles.